The summed E-state index contributed by atoms with van der Waals surface area (Å²) >= 11 is 1.67. The molecule has 2 unspecified atom stereocenters. The first-order chi connectivity index (χ1) is 12.1. The lowest BCUT2D eigenvalue weighted by molar-refractivity contribution is -0.137. The molecule has 0 radical (unpaired) electrons. The van der Waals surface area contributed by atoms with Gasteiger partial charge in [-0.05, 0) is 37.8 Å². The number of thiazole rings is 1. The van der Waals surface area contributed by atoms with Crippen molar-refractivity contribution < 1.29 is 14.7 Å². The minimum Gasteiger partial charge on any atom is -0.481 e. The molecule has 3 rings (SSSR count). The number of carbonyl (C=O) groups excluding carboxylic acids is 1. The molecule has 1 aromatic carbocycles. The monoisotopic (exact) mass is 358 g/mol. The van der Waals surface area contributed by atoms with E-state index in [2.05, 4.69) is 23.5 Å². The fraction of sp³-hybridized carbons (Fsp3) is 0.421. The van der Waals surface area contributed by atoms with Crippen molar-refractivity contribution in [2.45, 2.75) is 38.0 Å². The molecule has 2 aromatic rings. The Kier molecular flexibility index (Phi) is 5.81. The Hall–Kier alpha value is -2.21. The quantitative estimate of drug-likeness (QED) is 0.584. The average molecular weight is 358 g/mol. The highest BCUT2D eigenvalue weighted by molar-refractivity contribution is 7.18. The van der Waals surface area contributed by atoms with Gasteiger partial charge in [0.15, 0.2) is 0 Å². The van der Waals surface area contributed by atoms with E-state index in [0.717, 1.165) is 28.1 Å². The van der Waals surface area contributed by atoms with Crippen LogP contribution in [-0.4, -0.2) is 28.5 Å². The van der Waals surface area contributed by atoms with Gasteiger partial charge < -0.3 is 10.4 Å². The van der Waals surface area contributed by atoms with Crippen molar-refractivity contribution in [1.29, 1.82) is 0 Å². The zero-order chi connectivity index (χ0) is 17.6. The van der Waals surface area contributed by atoms with Gasteiger partial charge in [0.2, 0.25) is 5.91 Å². The van der Waals surface area contributed by atoms with Crippen LogP contribution in [0.3, 0.4) is 0 Å². The third-order valence-corrected chi connectivity index (χ3v) is 5.68. The Morgan fingerprint density at radius 2 is 2.00 bits per heavy atom. The Bertz CT molecular complexity index is 751. The second-order valence-electron chi connectivity index (χ2n) is 6.32. The summed E-state index contributed by atoms with van der Waals surface area (Å²) in [6.45, 7) is 0.527. The molecule has 0 aliphatic heterocycles. The highest BCUT2D eigenvalue weighted by Gasteiger charge is 2.32. The van der Waals surface area contributed by atoms with E-state index in [0.29, 0.717) is 19.4 Å². The molecular formula is C19H22N2O3S. The number of carbonyl (C=O) groups is 2. The first-order valence-corrected chi connectivity index (χ1v) is 9.47. The van der Waals surface area contributed by atoms with Gasteiger partial charge in [0, 0.05) is 18.9 Å². The van der Waals surface area contributed by atoms with Gasteiger partial charge in [-0.2, -0.15) is 0 Å². The van der Waals surface area contributed by atoms with E-state index in [1.807, 2.05) is 18.2 Å². The second kappa shape index (κ2) is 8.25. The van der Waals surface area contributed by atoms with Crippen LogP contribution in [0.2, 0.25) is 0 Å². The van der Waals surface area contributed by atoms with Gasteiger partial charge in [-0.1, -0.05) is 24.3 Å². The number of allylic oxidation sites excluding steroid dienone is 2. The Morgan fingerprint density at radius 1 is 1.20 bits per heavy atom. The predicted octanol–water partition coefficient (Wildman–Crippen LogP) is 3.72. The lowest BCUT2D eigenvalue weighted by atomic mass is 9.82. The summed E-state index contributed by atoms with van der Waals surface area (Å²) in [6, 6.07) is 8.05. The van der Waals surface area contributed by atoms with E-state index in [1.54, 1.807) is 11.3 Å². The molecule has 1 amide bonds. The maximum atomic E-state index is 12.6. The summed E-state index contributed by atoms with van der Waals surface area (Å²) in [5.74, 6) is -0.741. The summed E-state index contributed by atoms with van der Waals surface area (Å²) in [7, 11) is 0. The average Bonchev–Trinajstić information content (AvgIpc) is 3.05. The van der Waals surface area contributed by atoms with Crippen molar-refractivity contribution in [2.75, 3.05) is 6.54 Å². The normalized spacial score (nSPS) is 19.8. The van der Waals surface area contributed by atoms with Crippen LogP contribution in [0.5, 0.6) is 0 Å². The van der Waals surface area contributed by atoms with E-state index < -0.39 is 5.97 Å². The number of carboxylic acid groups (broad SMARTS) is 1. The number of nitrogens with one attached hydrogen (secondary N) is 1. The van der Waals surface area contributed by atoms with Gasteiger partial charge >= 0.3 is 5.97 Å². The number of unbranched alkanes of at least 4 members (excludes halogenated alkanes) is 1. The SMILES string of the molecule is O=C(O)CCCCNC(=O)C1CC=CCC1c1nc2ccccc2s1. The first kappa shape index (κ1) is 17.6. The molecule has 1 heterocycles. The highest BCUT2D eigenvalue weighted by atomic mass is 32.1. The molecule has 1 aromatic heterocycles. The van der Waals surface area contributed by atoms with E-state index in [-0.39, 0.29) is 24.2 Å². The Balaban J connectivity index is 1.63. The number of hydrogen-bond donors (Lipinski definition) is 2. The number of carboxylic acids is 1. The molecule has 1 aliphatic carbocycles. The molecule has 1 aliphatic rings. The molecule has 0 saturated carbocycles. The lowest BCUT2D eigenvalue weighted by Crippen LogP contribution is -2.35. The summed E-state index contributed by atoms with van der Waals surface area (Å²) in [4.78, 5) is 27.9. The van der Waals surface area contributed by atoms with Crippen molar-refractivity contribution in [1.82, 2.24) is 10.3 Å². The fourth-order valence-corrected chi connectivity index (χ4v) is 4.32. The van der Waals surface area contributed by atoms with Crippen LogP contribution in [0.25, 0.3) is 10.2 Å². The molecule has 6 heteroatoms. The molecule has 132 valence electrons. The maximum Gasteiger partial charge on any atom is 0.303 e. The third-order valence-electron chi connectivity index (χ3n) is 4.51. The molecular weight excluding hydrogens is 336 g/mol. The molecule has 2 atom stereocenters. The zero-order valence-electron chi connectivity index (χ0n) is 14.0. The van der Waals surface area contributed by atoms with Gasteiger partial charge in [-0.3, -0.25) is 9.59 Å². The smallest absolute Gasteiger partial charge is 0.303 e. The van der Waals surface area contributed by atoms with Crippen molar-refractivity contribution in [3.8, 4) is 0 Å². The van der Waals surface area contributed by atoms with E-state index in [1.165, 1.54) is 0 Å². The number of aliphatic carboxylic acids is 1. The zero-order valence-corrected chi connectivity index (χ0v) is 14.8. The van der Waals surface area contributed by atoms with Crippen molar-refractivity contribution >= 4 is 33.4 Å². The van der Waals surface area contributed by atoms with E-state index in [4.69, 9.17) is 10.1 Å². The largest absolute Gasteiger partial charge is 0.481 e. The topological polar surface area (TPSA) is 79.3 Å². The summed E-state index contributed by atoms with van der Waals surface area (Å²) < 4.78 is 1.15. The van der Waals surface area contributed by atoms with Gasteiger partial charge in [0.25, 0.3) is 0 Å². The summed E-state index contributed by atoms with van der Waals surface area (Å²) in [5, 5.41) is 12.6. The number of amides is 1. The maximum absolute atomic E-state index is 12.6. The number of fused-ring (bicyclic) bond motifs is 1. The minimum atomic E-state index is -0.792. The molecule has 5 nitrogen and oxygen atoms in total. The van der Waals surface area contributed by atoms with E-state index >= 15 is 0 Å². The van der Waals surface area contributed by atoms with Crippen LogP contribution in [0, 0.1) is 5.92 Å². The number of hydrogen-bond acceptors (Lipinski definition) is 4. The molecule has 0 saturated heterocycles. The van der Waals surface area contributed by atoms with Crippen molar-refractivity contribution in [2.24, 2.45) is 5.92 Å². The highest BCUT2D eigenvalue weighted by Crippen LogP contribution is 2.38. The van der Waals surface area contributed by atoms with Gasteiger partial charge in [-0.25, -0.2) is 4.98 Å². The second-order valence-corrected chi connectivity index (χ2v) is 7.38. The van der Waals surface area contributed by atoms with Crippen LogP contribution in [0.15, 0.2) is 36.4 Å². The number of aromatic nitrogens is 1. The van der Waals surface area contributed by atoms with Crippen LogP contribution in [-0.2, 0) is 9.59 Å². The molecule has 2 N–H and O–H groups in total. The van der Waals surface area contributed by atoms with Crippen molar-refractivity contribution in [3.05, 3.63) is 41.4 Å². The lowest BCUT2D eigenvalue weighted by Gasteiger charge is -2.26. The number of nitrogens with zero attached hydrogens (tertiary/aromatic N) is 1. The molecule has 25 heavy (non-hydrogen) atoms. The third kappa shape index (κ3) is 4.45. The summed E-state index contributed by atoms with van der Waals surface area (Å²) in [5.41, 5.74) is 0.991. The number of para-hydroxylation sites is 1. The van der Waals surface area contributed by atoms with E-state index in [9.17, 15) is 9.59 Å². The van der Waals surface area contributed by atoms with Gasteiger partial charge in [0.1, 0.15) is 0 Å². The predicted molar refractivity (Wildman–Crippen MR) is 98.7 cm³/mol. The van der Waals surface area contributed by atoms with Crippen LogP contribution in [0.4, 0.5) is 0 Å². The molecule has 0 bridgehead atoms. The fourth-order valence-electron chi connectivity index (χ4n) is 3.17. The van der Waals surface area contributed by atoms with Crippen LogP contribution in [0.1, 0.15) is 43.0 Å². The minimum absolute atomic E-state index is 0.0453. The summed E-state index contributed by atoms with van der Waals surface area (Å²) in [6.07, 6.45) is 7.18. The van der Waals surface area contributed by atoms with Crippen LogP contribution < -0.4 is 5.32 Å². The van der Waals surface area contributed by atoms with Gasteiger partial charge in [0.05, 0.1) is 21.1 Å². The molecule has 0 spiro atoms. The van der Waals surface area contributed by atoms with Gasteiger partial charge in [-0.15, -0.1) is 11.3 Å². The Labute approximate surface area is 150 Å². The van der Waals surface area contributed by atoms with Crippen LogP contribution >= 0.6 is 11.3 Å². The molecule has 0 fully saturated rings. The number of rotatable bonds is 7. The Morgan fingerprint density at radius 3 is 2.80 bits per heavy atom. The number of benzene rings is 1. The van der Waals surface area contributed by atoms with Crippen molar-refractivity contribution in [3.63, 3.8) is 0 Å². The first-order valence-electron chi connectivity index (χ1n) is 8.65. The standard InChI is InChI=1S/C19H22N2O3S/c22-17(23)11-5-6-12-20-18(24)13-7-1-2-8-14(13)19-21-15-9-3-4-10-16(15)25-19/h1-4,9-10,13-14H,5-8,11-12H2,(H,20,24)(H,22,23).